The number of imidazole rings is 1. The van der Waals surface area contributed by atoms with Crippen LogP contribution in [0.5, 0.6) is 0 Å². The third kappa shape index (κ3) is 4.87. The molecule has 1 aromatic rings. The maximum atomic E-state index is 11.3. The molecule has 0 bridgehead atoms. The Balaban J connectivity index is 3.00. The monoisotopic (exact) mass is 306 g/mol. The highest BCUT2D eigenvalue weighted by atomic mass is 32.2. The van der Waals surface area contributed by atoms with Crippen molar-refractivity contribution in [3.05, 3.63) is 22.1 Å². The molecule has 9 nitrogen and oxygen atoms in total. The van der Waals surface area contributed by atoms with Crippen molar-refractivity contribution in [1.82, 2.24) is 14.5 Å². The summed E-state index contributed by atoms with van der Waals surface area (Å²) in [7, 11) is -0.133. The molecule has 0 aliphatic heterocycles. The molecule has 20 heavy (non-hydrogen) atoms. The van der Waals surface area contributed by atoms with E-state index in [2.05, 4.69) is 4.98 Å². The predicted octanol–water partition coefficient (Wildman–Crippen LogP) is 0.00612. The van der Waals surface area contributed by atoms with Gasteiger partial charge in [0.25, 0.3) is 10.1 Å². The number of aryl methyl sites for hydroxylation is 1. The SMILES string of the molecule is Cc1ncc([N+](=O)[O-])n1CC(CN(C)C)OS(C)(=O)=O. The Kier molecular flexibility index (Phi) is 5.20. The zero-order valence-electron chi connectivity index (χ0n) is 11.8. The summed E-state index contributed by atoms with van der Waals surface area (Å²) in [4.78, 5) is 16.0. The lowest BCUT2D eigenvalue weighted by Gasteiger charge is -2.19. The molecule has 0 aliphatic rings. The van der Waals surface area contributed by atoms with Crippen molar-refractivity contribution < 1.29 is 17.5 Å². The average molecular weight is 306 g/mol. The summed E-state index contributed by atoms with van der Waals surface area (Å²) in [5, 5.41) is 10.9. The number of nitro groups is 1. The second kappa shape index (κ2) is 6.29. The second-order valence-corrected chi connectivity index (χ2v) is 6.32. The molecule has 1 unspecified atom stereocenters. The topological polar surface area (TPSA) is 108 Å². The molecule has 0 saturated heterocycles. The van der Waals surface area contributed by atoms with Crippen LogP contribution >= 0.6 is 0 Å². The number of nitrogens with zero attached hydrogens (tertiary/aromatic N) is 4. The second-order valence-electron chi connectivity index (χ2n) is 4.72. The summed E-state index contributed by atoms with van der Waals surface area (Å²) in [5.74, 6) is 0.237. The van der Waals surface area contributed by atoms with Crippen molar-refractivity contribution >= 4 is 15.9 Å². The van der Waals surface area contributed by atoms with Gasteiger partial charge < -0.3 is 15.0 Å². The summed E-state index contributed by atoms with van der Waals surface area (Å²) in [6.07, 6.45) is 1.36. The van der Waals surface area contributed by atoms with Gasteiger partial charge in [-0.25, -0.2) is 9.55 Å². The first-order chi connectivity index (χ1) is 9.10. The lowest BCUT2D eigenvalue weighted by atomic mass is 10.3. The molecule has 0 aromatic carbocycles. The van der Waals surface area contributed by atoms with Crippen molar-refractivity contribution in [2.45, 2.75) is 19.6 Å². The summed E-state index contributed by atoms with van der Waals surface area (Å²) in [6.45, 7) is 1.95. The van der Waals surface area contributed by atoms with Crippen LogP contribution in [0.2, 0.25) is 0 Å². The maximum Gasteiger partial charge on any atom is 0.342 e. The molecular formula is C10H18N4O5S. The molecule has 10 heteroatoms. The minimum absolute atomic E-state index is 0.0351. The van der Waals surface area contributed by atoms with Gasteiger partial charge in [0.05, 0.1) is 6.26 Å². The van der Waals surface area contributed by atoms with E-state index < -0.39 is 21.1 Å². The smallest absolute Gasteiger partial charge is 0.342 e. The Bertz CT molecular complexity index is 580. The molecule has 1 rings (SSSR count). The van der Waals surface area contributed by atoms with Gasteiger partial charge in [-0.1, -0.05) is 0 Å². The van der Waals surface area contributed by atoms with Crippen LogP contribution in [0.4, 0.5) is 5.82 Å². The zero-order chi connectivity index (χ0) is 15.5. The summed E-state index contributed by atoms with van der Waals surface area (Å²) >= 11 is 0. The Morgan fingerprint density at radius 1 is 1.55 bits per heavy atom. The van der Waals surface area contributed by atoms with E-state index in [0.717, 1.165) is 12.5 Å². The summed E-state index contributed by atoms with van der Waals surface area (Å²) in [6, 6.07) is 0. The Labute approximate surface area is 117 Å². The van der Waals surface area contributed by atoms with Crippen LogP contribution < -0.4 is 0 Å². The third-order valence-electron chi connectivity index (χ3n) is 2.49. The average Bonchev–Trinajstić information content (AvgIpc) is 2.57. The van der Waals surface area contributed by atoms with Gasteiger partial charge in [0, 0.05) is 13.5 Å². The number of likely N-dealkylation sites (N-methyl/N-ethyl adjacent to an activating group) is 1. The van der Waals surface area contributed by atoms with Gasteiger partial charge in [-0.2, -0.15) is 8.42 Å². The molecule has 0 spiro atoms. The van der Waals surface area contributed by atoms with Gasteiger partial charge in [-0.3, -0.25) is 4.18 Å². The lowest BCUT2D eigenvalue weighted by molar-refractivity contribution is -0.392. The minimum Gasteiger partial charge on any atom is -0.358 e. The van der Waals surface area contributed by atoms with Crippen LogP contribution in [0.3, 0.4) is 0 Å². The van der Waals surface area contributed by atoms with Gasteiger partial charge in [0.2, 0.25) is 0 Å². The van der Waals surface area contributed by atoms with Gasteiger partial charge >= 0.3 is 5.82 Å². The van der Waals surface area contributed by atoms with Crippen LogP contribution in [0.1, 0.15) is 5.82 Å². The fourth-order valence-electron chi connectivity index (χ4n) is 1.80. The van der Waals surface area contributed by atoms with E-state index >= 15 is 0 Å². The standard InChI is InChI=1S/C10H18N4O5S/c1-8-11-5-10(14(15)16)13(8)7-9(6-12(2)3)19-20(4,17)18/h5,9H,6-7H2,1-4H3. The quantitative estimate of drug-likeness (QED) is 0.396. The largest absolute Gasteiger partial charge is 0.358 e. The maximum absolute atomic E-state index is 11.3. The molecule has 1 aromatic heterocycles. The Morgan fingerprint density at radius 3 is 2.60 bits per heavy atom. The molecule has 1 atom stereocenters. The Morgan fingerprint density at radius 2 is 2.15 bits per heavy atom. The van der Waals surface area contributed by atoms with E-state index in [1.807, 2.05) is 0 Å². The van der Waals surface area contributed by atoms with Crippen molar-refractivity contribution in [2.75, 3.05) is 26.9 Å². The number of aromatic nitrogens is 2. The van der Waals surface area contributed by atoms with Crippen LogP contribution in [0.15, 0.2) is 6.20 Å². The molecule has 0 radical (unpaired) electrons. The minimum atomic E-state index is -3.65. The highest BCUT2D eigenvalue weighted by Crippen LogP contribution is 2.16. The predicted molar refractivity (Wildman–Crippen MR) is 71.9 cm³/mol. The highest BCUT2D eigenvalue weighted by Gasteiger charge is 2.25. The van der Waals surface area contributed by atoms with E-state index in [1.54, 1.807) is 25.9 Å². The van der Waals surface area contributed by atoms with E-state index in [1.165, 1.54) is 4.57 Å². The van der Waals surface area contributed by atoms with E-state index in [4.69, 9.17) is 4.18 Å². The number of hydrogen-bond acceptors (Lipinski definition) is 7. The normalized spacial score (nSPS) is 13.7. The molecule has 0 saturated carbocycles. The van der Waals surface area contributed by atoms with Crippen LogP contribution in [0, 0.1) is 17.0 Å². The fraction of sp³-hybridized carbons (Fsp3) is 0.700. The zero-order valence-corrected chi connectivity index (χ0v) is 12.6. The van der Waals surface area contributed by atoms with Gasteiger partial charge in [-0.05, 0) is 19.0 Å². The van der Waals surface area contributed by atoms with Gasteiger partial charge in [-0.15, -0.1) is 0 Å². The third-order valence-corrected chi connectivity index (χ3v) is 3.11. The van der Waals surface area contributed by atoms with Crippen molar-refractivity contribution in [2.24, 2.45) is 0 Å². The molecule has 1 heterocycles. The van der Waals surface area contributed by atoms with Gasteiger partial charge in [0.15, 0.2) is 5.82 Å². The summed E-state index contributed by atoms with van der Waals surface area (Å²) < 4.78 is 28.8. The lowest BCUT2D eigenvalue weighted by Crippen LogP contribution is -2.34. The first-order valence-electron chi connectivity index (χ1n) is 5.79. The molecule has 0 N–H and O–H groups in total. The number of rotatable bonds is 7. The van der Waals surface area contributed by atoms with Crippen LogP contribution in [0.25, 0.3) is 0 Å². The molecule has 0 fully saturated rings. The van der Waals surface area contributed by atoms with Crippen LogP contribution in [-0.4, -0.2) is 60.8 Å². The fourth-order valence-corrected chi connectivity index (χ4v) is 2.42. The van der Waals surface area contributed by atoms with Crippen LogP contribution in [-0.2, 0) is 20.8 Å². The van der Waals surface area contributed by atoms with E-state index in [-0.39, 0.29) is 12.4 Å². The first-order valence-corrected chi connectivity index (χ1v) is 7.61. The molecule has 0 amide bonds. The highest BCUT2D eigenvalue weighted by molar-refractivity contribution is 7.86. The van der Waals surface area contributed by atoms with Crippen molar-refractivity contribution in [3.63, 3.8) is 0 Å². The van der Waals surface area contributed by atoms with Gasteiger partial charge in [0.1, 0.15) is 18.8 Å². The number of hydrogen-bond donors (Lipinski definition) is 0. The molecular weight excluding hydrogens is 288 g/mol. The molecule has 114 valence electrons. The summed E-state index contributed by atoms with van der Waals surface area (Å²) in [5.41, 5.74) is 0. The van der Waals surface area contributed by atoms with E-state index in [0.29, 0.717) is 12.4 Å². The first kappa shape index (κ1) is 16.5. The Hall–Kier alpha value is -1.52. The van der Waals surface area contributed by atoms with Crippen molar-refractivity contribution in [1.29, 1.82) is 0 Å². The molecule has 0 aliphatic carbocycles. The van der Waals surface area contributed by atoms with Crippen molar-refractivity contribution in [3.8, 4) is 0 Å². The van der Waals surface area contributed by atoms with E-state index in [9.17, 15) is 18.5 Å².